The van der Waals surface area contributed by atoms with Gasteiger partial charge in [0.1, 0.15) is 0 Å². The zero-order valence-electron chi connectivity index (χ0n) is 6.41. The summed E-state index contributed by atoms with van der Waals surface area (Å²) in [4.78, 5) is 10.7. The number of carbonyl (C=O) groups is 1. The van der Waals surface area contributed by atoms with Gasteiger partial charge in [-0.15, -0.1) is 0 Å². The van der Waals surface area contributed by atoms with E-state index in [1.54, 1.807) is 6.92 Å². The highest BCUT2D eigenvalue weighted by molar-refractivity contribution is 6.43. The minimum Gasteiger partial charge on any atom is -0.463 e. The molecule has 4 nitrogen and oxygen atoms in total. The summed E-state index contributed by atoms with van der Waals surface area (Å²) < 4.78 is 4.54. The summed E-state index contributed by atoms with van der Waals surface area (Å²) in [7, 11) is -1.54. The maximum atomic E-state index is 10.7. The molecule has 0 bridgehead atoms. The van der Waals surface area contributed by atoms with Gasteiger partial charge in [-0.25, -0.2) is 4.79 Å². The number of carbonyl (C=O) groups excluding carboxylic acids is 1. The Morgan fingerprint density at radius 2 is 2.18 bits per heavy atom. The Morgan fingerprint density at radius 3 is 2.55 bits per heavy atom. The highest BCUT2D eigenvalue weighted by Gasteiger charge is 2.15. The molecular formula is C6H11BO4. The summed E-state index contributed by atoms with van der Waals surface area (Å²) in [5.41, 5.74) is 0.0712. The van der Waals surface area contributed by atoms with Crippen molar-refractivity contribution in [1.82, 2.24) is 0 Å². The van der Waals surface area contributed by atoms with Gasteiger partial charge in [0, 0.05) is 11.9 Å². The maximum absolute atomic E-state index is 10.7. The Balaban J connectivity index is 3.74. The number of rotatable bonds is 4. The highest BCUT2D eigenvalue weighted by Crippen LogP contribution is 2.02. The van der Waals surface area contributed by atoms with Crippen LogP contribution in [0.15, 0.2) is 12.2 Å². The largest absolute Gasteiger partial charge is 0.463 e. The molecule has 0 heterocycles. The lowest BCUT2D eigenvalue weighted by Gasteiger charge is -2.03. The van der Waals surface area contributed by atoms with Crippen LogP contribution >= 0.6 is 0 Å². The van der Waals surface area contributed by atoms with E-state index in [4.69, 9.17) is 10.0 Å². The van der Waals surface area contributed by atoms with Crippen LogP contribution in [0, 0.1) is 0 Å². The van der Waals surface area contributed by atoms with Crippen molar-refractivity contribution in [1.29, 1.82) is 0 Å². The predicted molar refractivity (Wildman–Crippen MR) is 40.8 cm³/mol. The van der Waals surface area contributed by atoms with Crippen molar-refractivity contribution in [2.75, 3.05) is 6.61 Å². The summed E-state index contributed by atoms with van der Waals surface area (Å²) in [6.07, 6.45) is -0.168. The molecule has 0 aliphatic rings. The first kappa shape index (κ1) is 10.2. The monoisotopic (exact) mass is 158 g/mol. The molecule has 0 aliphatic carbocycles. The van der Waals surface area contributed by atoms with Crippen LogP contribution in [0.1, 0.15) is 6.92 Å². The molecule has 0 aromatic heterocycles. The first-order valence-electron chi connectivity index (χ1n) is 3.29. The van der Waals surface area contributed by atoms with Crippen LogP contribution in [-0.4, -0.2) is 29.7 Å². The molecule has 62 valence electrons. The minimum absolute atomic E-state index is 0.0712. The summed E-state index contributed by atoms with van der Waals surface area (Å²) in [5, 5.41) is 16.9. The van der Waals surface area contributed by atoms with Crippen molar-refractivity contribution in [3.63, 3.8) is 0 Å². The van der Waals surface area contributed by atoms with E-state index in [0.29, 0.717) is 0 Å². The van der Waals surface area contributed by atoms with Crippen LogP contribution in [0.3, 0.4) is 0 Å². The van der Waals surface area contributed by atoms with E-state index >= 15 is 0 Å². The van der Waals surface area contributed by atoms with E-state index in [-0.39, 0.29) is 18.5 Å². The van der Waals surface area contributed by atoms with Crippen molar-refractivity contribution in [3.8, 4) is 0 Å². The third-order valence-electron chi connectivity index (χ3n) is 0.993. The van der Waals surface area contributed by atoms with Crippen LogP contribution in [0.2, 0.25) is 6.32 Å². The zero-order chi connectivity index (χ0) is 8.85. The number of ether oxygens (including phenoxy) is 1. The van der Waals surface area contributed by atoms with E-state index in [1.165, 1.54) is 0 Å². The van der Waals surface area contributed by atoms with Crippen molar-refractivity contribution in [3.05, 3.63) is 12.2 Å². The van der Waals surface area contributed by atoms with Gasteiger partial charge >= 0.3 is 13.1 Å². The van der Waals surface area contributed by atoms with Crippen molar-refractivity contribution >= 4 is 13.1 Å². The molecule has 0 amide bonds. The Labute approximate surface area is 65.6 Å². The molecule has 2 N–H and O–H groups in total. The fourth-order valence-corrected chi connectivity index (χ4v) is 0.537. The van der Waals surface area contributed by atoms with Gasteiger partial charge < -0.3 is 14.8 Å². The number of hydrogen-bond acceptors (Lipinski definition) is 4. The molecule has 0 atom stereocenters. The Hall–Kier alpha value is -0.805. The molecular weight excluding hydrogens is 147 g/mol. The molecule has 0 aliphatic heterocycles. The number of hydrogen-bond donors (Lipinski definition) is 2. The van der Waals surface area contributed by atoms with Crippen LogP contribution in [0.4, 0.5) is 0 Å². The van der Waals surface area contributed by atoms with Crippen LogP contribution in [0.25, 0.3) is 0 Å². The molecule has 0 aromatic rings. The second-order valence-corrected chi connectivity index (χ2v) is 2.01. The highest BCUT2D eigenvalue weighted by atomic mass is 16.5. The van der Waals surface area contributed by atoms with E-state index in [2.05, 4.69) is 11.3 Å². The van der Waals surface area contributed by atoms with Gasteiger partial charge in [0.15, 0.2) is 0 Å². The van der Waals surface area contributed by atoms with Crippen molar-refractivity contribution in [2.45, 2.75) is 13.2 Å². The predicted octanol–water partition coefficient (Wildman–Crippen LogP) is -0.422. The van der Waals surface area contributed by atoms with Gasteiger partial charge in [0.2, 0.25) is 0 Å². The lowest BCUT2D eigenvalue weighted by Crippen LogP contribution is -2.16. The summed E-state index contributed by atoms with van der Waals surface area (Å²) in [6.45, 7) is 5.25. The molecule has 0 fully saturated rings. The summed E-state index contributed by atoms with van der Waals surface area (Å²) in [6, 6.07) is 0. The maximum Gasteiger partial charge on any atom is 0.456 e. The third kappa shape index (κ3) is 4.58. The molecule has 0 radical (unpaired) electrons. The second-order valence-electron chi connectivity index (χ2n) is 2.01. The van der Waals surface area contributed by atoms with Crippen molar-refractivity contribution < 1.29 is 19.6 Å². The van der Waals surface area contributed by atoms with Gasteiger partial charge in [-0.05, 0) is 6.92 Å². The van der Waals surface area contributed by atoms with Crippen LogP contribution in [0.5, 0.6) is 0 Å². The Bertz CT molecular complexity index is 155. The normalized spacial score (nSPS) is 9.00. The molecule has 0 spiro atoms. The van der Waals surface area contributed by atoms with E-state index in [9.17, 15) is 4.79 Å². The van der Waals surface area contributed by atoms with Gasteiger partial charge in [0.05, 0.1) is 6.61 Å². The standard InChI is InChI=1S/C6H11BO4/c1-3-11-6(8)5(2)4-7(9)10/h9-10H,2-4H2,1H3. The van der Waals surface area contributed by atoms with Gasteiger partial charge in [-0.3, -0.25) is 0 Å². The fraction of sp³-hybridized carbons (Fsp3) is 0.500. The average molecular weight is 158 g/mol. The topological polar surface area (TPSA) is 66.8 Å². The minimum atomic E-state index is -1.54. The number of esters is 1. The summed E-state index contributed by atoms with van der Waals surface area (Å²) >= 11 is 0. The van der Waals surface area contributed by atoms with E-state index in [0.717, 1.165) is 0 Å². The molecule has 0 unspecified atom stereocenters. The van der Waals surface area contributed by atoms with Gasteiger partial charge in [-0.2, -0.15) is 0 Å². The lowest BCUT2D eigenvalue weighted by atomic mass is 9.82. The van der Waals surface area contributed by atoms with Gasteiger partial charge in [0.25, 0.3) is 0 Å². The lowest BCUT2D eigenvalue weighted by molar-refractivity contribution is -0.138. The summed E-state index contributed by atoms with van der Waals surface area (Å²) in [5.74, 6) is -0.583. The molecule has 11 heavy (non-hydrogen) atoms. The Morgan fingerprint density at radius 1 is 1.64 bits per heavy atom. The molecule has 5 heteroatoms. The molecule has 0 saturated heterocycles. The van der Waals surface area contributed by atoms with E-state index < -0.39 is 13.1 Å². The Kier molecular flexibility index (Phi) is 4.57. The average Bonchev–Trinajstić information content (AvgIpc) is 1.86. The van der Waals surface area contributed by atoms with Crippen LogP contribution < -0.4 is 0 Å². The second kappa shape index (κ2) is 4.93. The van der Waals surface area contributed by atoms with E-state index in [1.807, 2.05) is 0 Å². The molecule has 0 aromatic carbocycles. The third-order valence-corrected chi connectivity index (χ3v) is 0.993. The molecule has 0 saturated carbocycles. The van der Waals surface area contributed by atoms with Gasteiger partial charge in [-0.1, -0.05) is 6.58 Å². The fourth-order valence-electron chi connectivity index (χ4n) is 0.537. The SMILES string of the molecule is C=C(CB(O)O)C(=O)OCC. The smallest absolute Gasteiger partial charge is 0.456 e. The first-order chi connectivity index (χ1) is 5.07. The quantitative estimate of drug-likeness (QED) is 0.331. The zero-order valence-corrected chi connectivity index (χ0v) is 6.41. The van der Waals surface area contributed by atoms with Crippen LogP contribution in [-0.2, 0) is 9.53 Å². The first-order valence-corrected chi connectivity index (χ1v) is 3.29. The molecule has 0 rings (SSSR count). The van der Waals surface area contributed by atoms with Crippen molar-refractivity contribution in [2.24, 2.45) is 0 Å².